The fourth-order valence-corrected chi connectivity index (χ4v) is 1.43. The molecule has 0 aromatic carbocycles. The molecule has 0 saturated heterocycles. The number of pyridine rings is 1. The number of hydrogen-bond acceptors (Lipinski definition) is 3. The minimum atomic E-state index is -0.145. The fraction of sp³-hybridized carbons (Fsp3) is 0.200. The monoisotopic (exact) mass is 221 g/mol. The second kappa shape index (κ2) is 3.94. The standard InChI is InChI=1S/C10H11N3OS/c1-8(7-15)6-13-10(14)12-5-3-2-4-9(12)11-13/h2-5,15H,1,6-7H2. The van der Waals surface area contributed by atoms with E-state index in [-0.39, 0.29) is 5.69 Å². The first-order chi connectivity index (χ1) is 7.22. The Labute approximate surface area is 92.3 Å². The molecule has 15 heavy (non-hydrogen) atoms. The highest BCUT2D eigenvalue weighted by Gasteiger charge is 2.05. The Morgan fingerprint density at radius 3 is 3.00 bits per heavy atom. The van der Waals surface area contributed by atoms with Gasteiger partial charge in [0.2, 0.25) is 0 Å². The van der Waals surface area contributed by atoms with E-state index in [0.717, 1.165) is 5.57 Å². The van der Waals surface area contributed by atoms with Crippen molar-refractivity contribution in [2.75, 3.05) is 5.75 Å². The molecule has 2 heterocycles. The maximum absolute atomic E-state index is 11.8. The predicted octanol–water partition coefficient (Wildman–Crippen LogP) is 0.982. The molecule has 0 spiro atoms. The number of hydrogen-bond donors (Lipinski definition) is 1. The quantitative estimate of drug-likeness (QED) is 0.620. The number of nitrogens with zero attached hydrogens (tertiary/aromatic N) is 3. The van der Waals surface area contributed by atoms with E-state index < -0.39 is 0 Å². The van der Waals surface area contributed by atoms with Gasteiger partial charge >= 0.3 is 5.69 Å². The van der Waals surface area contributed by atoms with E-state index in [2.05, 4.69) is 24.3 Å². The van der Waals surface area contributed by atoms with Crippen molar-refractivity contribution in [1.82, 2.24) is 14.2 Å². The minimum Gasteiger partial charge on any atom is -0.250 e. The molecule has 2 aromatic heterocycles. The average Bonchev–Trinajstić information content (AvgIpc) is 2.57. The van der Waals surface area contributed by atoms with Crippen LogP contribution in [0.1, 0.15) is 0 Å². The van der Waals surface area contributed by atoms with Crippen LogP contribution >= 0.6 is 12.6 Å². The van der Waals surface area contributed by atoms with Gasteiger partial charge in [-0.05, 0) is 17.7 Å². The van der Waals surface area contributed by atoms with Crippen LogP contribution in [0.3, 0.4) is 0 Å². The summed E-state index contributed by atoms with van der Waals surface area (Å²) in [6.07, 6.45) is 1.70. The third kappa shape index (κ3) is 1.83. The lowest BCUT2D eigenvalue weighted by Crippen LogP contribution is -2.22. The van der Waals surface area contributed by atoms with Gasteiger partial charge in [0, 0.05) is 11.9 Å². The van der Waals surface area contributed by atoms with Gasteiger partial charge in [0.15, 0.2) is 5.65 Å². The van der Waals surface area contributed by atoms with Gasteiger partial charge in [-0.2, -0.15) is 12.6 Å². The molecule has 2 aromatic rings. The Balaban J connectivity index is 2.49. The van der Waals surface area contributed by atoms with Gasteiger partial charge < -0.3 is 0 Å². The molecule has 4 nitrogen and oxygen atoms in total. The van der Waals surface area contributed by atoms with Crippen LogP contribution in [0.4, 0.5) is 0 Å². The molecule has 5 heteroatoms. The van der Waals surface area contributed by atoms with Crippen LogP contribution in [0, 0.1) is 0 Å². The highest BCUT2D eigenvalue weighted by Crippen LogP contribution is 1.99. The topological polar surface area (TPSA) is 39.3 Å². The van der Waals surface area contributed by atoms with Gasteiger partial charge in [0.25, 0.3) is 0 Å². The molecule has 0 N–H and O–H groups in total. The second-order valence-corrected chi connectivity index (χ2v) is 3.59. The van der Waals surface area contributed by atoms with Crippen LogP contribution in [0.15, 0.2) is 41.3 Å². The molecular weight excluding hydrogens is 210 g/mol. The first-order valence-corrected chi connectivity index (χ1v) is 5.17. The lowest BCUT2D eigenvalue weighted by molar-refractivity contribution is 0.653. The third-order valence-electron chi connectivity index (χ3n) is 2.09. The van der Waals surface area contributed by atoms with Crippen molar-refractivity contribution in [2.24, 2.45) is 0 Å². The van der Waals surface area contributed by atoms with E-state index in [1.165, 1.54) is 9.08 Å². The van der Waals surface area contributed by atoms with Gasteiger partial charge in [-0.3, -0.25) is 4.40 Å². The molecule has 0 fully saturated rings. The SMILES string of the molecule is C=C(CS)Cn1nc2ccccn2c1=O. The summed E-state index contributed by atoms with van der Waals surface area (Å²) in [7, 11) is 0. The van der Waals surface area contributed by atoms with Crippen molar-refractivity contribution < 1.29 is 0 Å². The van der Waals surface area contributed by atoms with Crippen LogP contribution in [-0.2, 0) is 6.54 Å². The smallest absolute Gasteiger partial charge is 0.250 e. The first kappa shape index (κ1) is 10.0. The van der Waals surface area contributed by atoms with Crippen molar-refractivity contribution in [3.05, 3.63) is 47.0 Å². The third-order valence-corrected chi connectivity index (χ3v) is 2.53. The number of rotatable bonds is 3. The Bertz CT molecular complexity index is 555. The predicted molar refractivity (Wildman–Crippen MR) is 62.4 cm³/mol. The Hall–Kier alpha value is -1.49. The second-order valence-electron chi connectivity index (χ2n) is 3.28. The van der Waals surface area contributed by atoms with Crippen LogP contribution in [-0.4, -0.2) is 19.9 Å². The highest BCUT2D eigenvalue weighted by atomic mass is 32.1. The molecule has 78 valence electrons. The first-order valence-electron chi connectivity index (χ1n) is 4.54. The minimum absolute atomic E-state index is 0.145. The number of fused-ring (bicyclic) bond motifs is 1. The van der Waals surface area contributed by atoms with E-state index >= 15 is 0 Å². The van der Waals surface area contributed by atoms with Crippen molar-refractivity contribution in [1.29, 1.82) is 0 Å². The summed E-state index contributed by atoms with van der Waals surface area (Å²) in [5.41, 5.74) is 1.37. The molecule has 2 rings (SSSR count). The summed E-state index contributed by atoms with van der Waals surface area (Å²) in [4.78, 5) is 11.8. The van der Waals surface area contributed by atoms with Gasteiger partial charge in [-0.1, -0.05) is 12.6 Å². The molecule has 0 amide bonds. The van der Waals surface area contributed by atoms with E-state index in [9.17, 15) is 4.79 Å². The largest absolute Gasteiger partial charge is 0.350 e. The normalized spacial score (nSPS) is 10.7. The zero-order valence-corrected chi connectivity index (χ0v) is 9.02. The summed E-state index contributed by atoms with van der Waals surface area (Å²) in [6, 6.07) is 5.44. The van der Waals surface area contributed by atoms with E-state index in [1.54, 1.807) is 18.3 Å². The molecule has 0 radical (unpaired) electrons. The molecule has 0 aliphatic rings. The van der Waals surface area contributed by atoms with Crippen LogP contribution in [0.2, 0.25) is 0 Å². The molecule has 0 unspecified atom stereocenters. The average molecular weight is 221 g/mol. The number of aromatic nitrogens is 3. The van der Waals surface area contributed by atoms with E-state index in [1.807, 2.05) is 6.07 Å². The van der Waals surface area contributed by atoms with Gasteiger partial charge in [-0.15, -0.1) is 5.10 Å². The van der Waals surface area contributed by atoms with Crippen LogP contribution in [0.25, 0.3) is 5.65 Å². The Morgan fingerprint density at radius 2 is 2.33 bits per heavy atom. The maximum Gasteiger partial charge on any atom is 0.350 e. The van der Waals surface area contributed by atoms with Gasteiger partial charge in [0.1, 0.15) is 0 Å². The maximum atomic E-state index is 11.8. The lowest BCUT2D eigenvalue weighted by Gasteiger charge is -1.98. The summed E-state index contributed by atoms with van der Waals surface area (Å²) >= 11 is 4.09. The van der Waals surface area contributed by atoms with Crippen molar-refractivity contribution in [2.45, 2.75) is 6.54 Å². The summed E-state index contributed by atoms with van der Waals surface area (Å²) < 4.78 is 2.90. The molecule has 0 aliphatic carbocycles. The van der Waals surface area contributed by atoms with Crippen molar-refractivity contribution in [3.8, 4) is 0 Å². The van der Waals surface area contributed by atoms with E-state index in [4.69, 9.17) is 0 Å². The molecular formula is C10H11N3OS. The van der Waals surface area contributed by atoms with Crippen LogP contribution < -0.4 is 5.69 Å². The summed E-state index contributed by atoms with van der Waals surface area (Å²) in [5, 5.41) is 4.17. The molecule has 0 atom stereocenters. The highest BCUT2D eigenvalue weighted by molar-refractivity contribution is 7.80. The molecule has 0 saturated carbocycles. The van der Waals surface area contributed by atoms with Gasteiger partial charge in [0.05, 0.1) is 6.54 Å². The van der Waals surface area contributed by atoms with Crippen molar-refractivity contribution >= 4 is 18.3 Å². The Morgan fingerprint density at radius 1 is 1.53 bits per heavy atom. The lowest BCUT2D eigenvalue weighted by atomic mass is 10.3. The zero-order chi connectivity index (χ0) is 10.8. The molecule has 0 bridgehead atoms. The molecule has 0 aliphatic heterocycles. The Kier molecular flexibility index (Phi) is 2.64. The summed E-state index contributed by atoms with van der Waals surface area (Å²) in [5.74, 6) is 0.556. The number of thiol groups is 1. The fourth-order valence-electron chi connectivity index (χ4n) is 1.33. The van der Waals surface area contributed by atoms with Gasteiger partial charge in [-0.25, -0.2) is 9.48 Å². The summed E-state index contributed by atoms with van der Waals surface area (Å²) in [6.45, 7) is 4.22. The van der Waals surface area contributed by atoms with Crippen LogP contribution in [0.5, 0.6) is 0 Å². The van der Waals surface area contributed by atoms with E-state index in [0.29, 0.717) is 17.9 Å². The van der Waals surface area contributed by atoms with Crippen molar-refractivity contribution in [3.63, 3.8) is 0 Å². The zero-order valence-electron chi connectivity index (χ0n) is 8.13.